The molecule has 0 radical (unpaired) electrons. The zero-order chi connectivity index (χ0) is 15.3. The maximum absolute atomic E-state index is 12.4. The van der Waals surface area contributed by atoms with Crippen LogP contribution in [0.5, 0.6) is 0 Å². The van der Waals surface area contributed by atoms with Gasteiger partial charge in [0.2, 0.25) is 0 Å². The van der Waals surface area contributed by atoms with Crippen LogP contribution in [0.2, 0.25) is 0 Å². The fraction of sp³-hybridized carbons (Fsp3) is 0.167. The predicted octanol–water partition coefficient (Wildman–Crippen LogP) is 3.62. The molecule has 0 aliphatic rings. The second-order valence-electron chi connectivity index (χ2n) is 3.58. The van der Waals surface area contributed by atoms with Gasteiger partial charge in [0, 0.05) is 11.8 Å². The van der Waals surface area contributed by atoms with Crippen LogP contribution in [0, 0.1) is 11.3 Å². The molecule has 0 aliphatic carbocycles. The summed E-state index contributed by atoms with van der Waals surface area (Å²) in [5, 5.41) is 21.1. The molecule has 0 aromatic carbocycles. The SMILES string of the molecule is C=CCC(O)=C(C#N)C(=O)Nc1cc(C(F)(F)F)cs1. The van der Waals surface area contributed by atoms with Crippen molar-refractivity contribution in [1.82, 2.24) is 0 Å². The van der Waals surface area contributed by atoms with E-state index in [1.165, 1.54) is 12.1 Å². The van der Waals surface area contributed by atoms with Crippen molar-refractivity contribution in [3.05, 3.63) is 41.0 Å². The molecule has 1 heterocycles. The molecule has 0 unspecified atom stereocenters. The average Bonchev–Trinajstić information content (AvgIpc) is 2.78. The molecule has 1 aromatic heterocycles. The molecule has 0 atom stereocenters. The molecular weight excluding hydrogens is 293 g/mol. The lowest BCUT2D eigenvalue weighted by atomic mass is 10.2. The Kier molecular flexibility index (Phi) is 4.94. The molecule has 0 saturated carbocycles. The lowest BCUT2D eigenvalue weighted by molar-refractivity contribution is -0.137. The van der Waals surface area contributed by atoms with Crippen molar-refractivity contribution in [3.8, 4) is 6.07 Å². The fourth-order valence-corrected chi connectivity index (χ4v) is 2.01. The molecular formula is C12H9F3N2O2S. The highest BCUT2D eigenvalue weighted by molar-refractivity contribution is 7.14. The van der Waals surface area contributed by atoms with Gasteiger partial charge in [-0.25, -0.2) is 0 Å². The third kappa shape index (κ3) is 3.86. The standard InChI is InChI=1S/C12H9F3N2O2S/c1-2-3-9(18)8(5-16)11(19)17-10-4-7(6-20-10)12(13,14)15/h2,4,6,18H,1,3H2,(H,17,19). The number of nitrogens with one attached hydrogen (secondary N) is 1. The topological polar surface area (TPSA) is 73.1 Å². The van der Waals surface area contributed by atoms with Gasteiger partial charge in [0.1, 0.15) is 11.8 Å². The number of thiophene rings is 1. The minimum Gasteiger partial charge on any atom is -0.510 e. The van der Waals surface area contributed by atoms with Crippen LogP contribution < -0.4 is 5.32 Å². The number of carbonyl (C=O) groups is 1. The Morgan fingerprint density at radius 1 is 1.60 bits per heavy atom. The van der Waals surface area contributed by atoms with Gasteiger partial charge in [-0.15, -0.1) is 17.9 Å². The van der Waals surface area contributed by atoms with Crippen molar-refractivity contribution in [3.63, 3.8) is 0 Å². The zero-order valence-electron chi connectivity index (χ0n) is 9.99. The van der Waals surface area contributed by atoms with Crippen LogP contribution in [0.25, 0.3) is 0 Å². The quantitative estimate of drug-likeness (QED) is 0.386. The molecule has 8 heteroatoms. The van der Waals surface area contributed by atoms with E-state index in [4.69, 9.17) is 5.26 Å². The maximum atomic E-state index is 12.4. The van der Waals surface area contributed by atoms with Crippen molar-refractivity contribution in [2.45, 2.75) is 12.6 Å². The van der Waals surface area contributed by atoms with Gasteiger partial charge in [0.05, 0.1) is 10.6 Å². The number of aliphatic hydroxyl groups is 1. The van der Waals surface area contributed by atoms with E-state index in [2.05, 4.69) is 11.9 Å². The summed E-state index contributed by atoms with van der Waals surface area (Å²) in [6.07, 6.45) is -3.31. The first-order chi connectivity index (χ1) is 9.29. The Hall–Kier alpha value is -2.27. The van der Waals surface area contributed by atoms with E-state index in [1.807, 2.05) is 0 Å². The minimum atomic E-state index is -4.50. The normalized spacial score (nSPS) is 12.3. The van der Waals surface area contributed by atoms with Crippen molar-refractivity contribution in [1.29, 1.82) is 5.26 Å². The molecule has 20 heavy (non-hydrogen) atoms. The van der Waals surface area contributed by atoms with Crippen molar-refractivity contribution < 1.29 is 23.1 Å². The summed E-state index contributed by atoms with van der Waals surface area (Å²) in [6.45, 7) is 3.33. The molecule has 0 aliphatic heterocycles. The minimum absolute atomic E-state index is 0.0681. The molecule has 0 saturated heterocycles. The molecule has 1 amide bonds. The maximum Gasteiger partial charge on any atom is 0.417 e. The summed E-state index contributed by atoms with van der Waals surface area (Å²) in [7, 11) is 0. The number of hydrogen-bond acceptors (Lipinski definition) is 4. The Labute approximate surface area is 116 Å². The van der Waals surface area contributed by atoms with E-state index in [0.717, 1.165) is 11.4 Å². The van der Waals surface area contributed by atoms with Crippen LogP contribution >= 0.6 is 11.3 Å². The summed E-state index contributed by atoms with van der Waals surface area (Å²) in [5.74, 6) is -1.46. The summed E-state index contributed by atoms with van der Waals surface area (Å²) >= 11 is 0.672. The molecule has 0 bridgehead atoms. The highest BCUT2D eigenvalue weighted by Gasteiger charge is 2.32. The molecule has 1 rings (SSSR count). The van der Waals surface area contributed by atoms with Gasteiger partial charge in [0.25, 0.3) is 5.91 Å². The Balaban J connectivity index is 2.91. The highest BCUT2D eigenvalue weighted by atomic mass is 32.1. The van der Waals surface area contributed by atoms with Gasteiger partial charge >= 0.3 is 6.18 Å². The lowest BCUT2D eigenvalue weighted by Crippen LogP contribution is -2.14. The first-order valence-corrected chi connectivity index (χ1v) is 6.07. The summed E-state index contributed by atoms with van der Waals surface area (Å²) in [5.41, 5.74) is -1.46. The van der Waals surface area contributed by atoms with Crippen molar-refractivity contribution in [2.24, 2.45) is 0 Å². The van der Waals surface area contributed by atoms with Crippen LogP contribution in [-0.4, -0.2) is 11.0 Å². The second-order valence-corrected chi connectivity index (χ2v) is 4.49. The van der Waals surface area contributed by atoms with Crippen molar-refractivity contribution >= 4 is 22.2 Å². The Bertz CT molecular complexity index is 597. The van der Waals surface area contributed by atoms with Gasteiger partial charge < -0.3 is 10.4 Å². The van der Waals surface area contributed by atoms with Gasteiger partial charge in [-0.3, -0.25) is 4.79 Å². The predicted molar refractivity (Wildman–Crippen MR) is 68.0 cm³/mol. The van der Waals surface area contributed by atoms with E-state index in [1.54, 1.807) is 0 Å². The van der Waals surface area contributed by atoms with Crippen molar-refractivity contribution in [2.75, 3.05) is 5.32 Å². The van der Waals surface area contributed by atoms with Crippen LogP contribution in [0.3, 0.4) is 0 Å². The third-order valence-corrected chi connectivity index (χ3v) is 2.97. The average molecular weight is 302 g/mol. The second kappa shape index (κ2) is 6.25. The molecule has 2 N–H and O–H groups in total. The molecule has 1 aromatic rings. The van der Waals surface area contributed by atoms with Gasteiger partial charge in [0.15, 0.2) is 5.57 Å². The van der Waals surface area contributed by atoms with E-state index in [-0.39, 0.29) is 11.4 Å². The van der Waals surface area contributed by atoms with Gasteiger partial charge in [-0.1, -0.05) is 6.08 Å². The zero-order valence-corrected chi connectivity index (χ0v) is 10.8. The van der Waals surface area contributed by atoms with Crippen LogP contribution in [0.4, 0.5) is 18.2 Å². The molecule has 0 spiro atoms. The number of carbonyl (C=O) groups excluding carboxylic acids is 1. The number of nitriles is 1. The summed E-state index contributed by atoms with van der Waals surface area (Å²) < 4.78 is 37.1. The lowest BCUT2D eigenvalue weighted by Gasteiger charge is -2.03. The van der Waals surface area contributed by atoms with E-state index >= 15 is 0 Å². The number of alkyl halides is 3. The van der Waals surface area contributed by atoms with Crippen LogP contribution in [0.15, 0.2) is 35.4 Å². The van der Waals surface area contributed by atoms with E-state index < -0.39 is 29.0 Å². The molecule has 106 valence electrons. The first-order valence-electron chi connectivity index (χ1n) is 5.19. The van der Waals surface area contributed by atoms with Crippen LogP contribution in [-0.2, 0) is 11.0 Å². The Morgan fingerprint density at radius 3 is 2.70 bits per heavy atom. The number of rotatable bonds is 4. The van der Waals surface area contributed by atoms with Gasteiger partial charge in [-0.05, 0) is 6.07 Å². The summed E-state index contributed by atoms with van der Waals surface area (Å²) in [4.78, 5) is 11.7. The smallest absolute Gasteiger partial charge is 0.417 e. The number of nitrogens with zero attached hydrogens (tertiary/aromatic N) is 1. The highest BCUT2D eigenvalue weighted by Crippen LogP contribution is 2.34. The molecule has 0 fully saturated rings. The van der Waals surface area contributed by atoms with E-state index in [0.29, 0.717) is 11.3 Å². The van der Waals surface area contributed by atoms with E-state index in [9.17, 15) is 23.1 Å². The number of aliphatic hydroxyl groups excluding tert-OH is 1. The number of anilines is 1. The number of hydrogen-bond donors (Lipinski definition) is 2. The molecule has 4 nitrogen and oxygen atoms in total. The summed E-state index contributed by atoms with van der Waals surface area (Å²) in [6, 6.07) is 2.25. The third-order valence-electron chi connectivity index (χ3n) is 2.13. The van der Waals surface area contributed by atoms with Gasteiger partial charge in [-0.2, -0.15) is 18.4 Å². The number of amides is 1. The Morgan fingerprint density at radius 2 is 2.25 bits per heavy atom. The van der Waals surface area contributed by atoms with Crippen LogP contribution in [0.1, 0.15) is 12.0 Å². The number of allylic oxidation sites excluding steroid dienone is 1. The first kappa shape index (κ1) is 15.8. The monoisotopic (exact) mass is 302 g/mol. The largest absolute Gasteiger partial charge is 0.510 e. The fourth-order valence-electron chi connectivity index (χ4n) is 1.21. The number of halogens is 3.